The minimum atomic E-state index is -0.871. The van der Waals surface area contributed by atoms with E-state index in [1.165, 1.54) is 12.1 Å². The van der Waals surface area contributed by atoms with Crippen molar-refractivity contribution in [3.8, 4) is 0 Å². The van der Waals surface area contributed by atoms with Gasteiger partial charge >= 0.3 is 5.97 Å². The molecule has 1 atom stereocenters. The van der Waals surface area contributed by atoms with Gasteiger partial charge in [0.1, 0.15) is 5.82 Å². The molecule has 1 saturated heterocycles. The minimum Gasteiger partial charge on any atom is -0.481 e. The molecule has 4 nitrogen and oxygen atoms in total. The predicted octanol–water partition coefficient (Wildman–Crippen LogP) is 2.04. The first-order valence-corrected chi connectivity index (χ1v) is 6.60. The number of hydrogen-bond acceptors (Lipinski definition) is 2. The van der Waals surface area contributed by atoms with Crippen LogP contribution in [0.5, 0.6) is 0 Å². The van der Waals surface area contributed by atoms with E-state index in [0.29, 0.717) is 18.5 Å². The van der Waals surface area contributed by atoms with Gasteiger partial charge in [0.25, 0.3) is 0 Å². The predicted molar refractivity (Wildman–Crippen MR) is 71.7 cm³/mol. The highest BCUT2D eigenvalue weighted by Gasteiger charge is 2.38. The molecule has 1 aliphatic rings. The molecule has 1 N–H and O–H groups in total. The van der Waals surface area contributed by atoms with Gasteiger partial charge < -0.3 is 10.0 Å². The molecule has 2 rings (SSSR count). The lowest BCUT2D eigenvalue weighted by Crippen LogP contribution is -2.42. The number of hydrogen-bond donors (Lipinski definition) is 1. The third-order valence-electron chi connectivity index (χ3n) is 3.91. The Labute approximate surface area is 117 Å². The van der Waals surface area contributed by atoms with Crippen LogP contribution in [-0.2, 0) is 15.0 Å². The summed E-state index contributed by atoms with van der Waals surface area (Å²) in [6.07, 6.45) is 0.473. The van der Waals surface area contributed by atoms with Crippen LogP contribution in [0.2, 0.25) is 0 Å². The minimum absolute atomic E-state index is 0.160. The zero-order valence-corrected chi connectivity index (χ0v) is 11.6. The summed E-state index contributed by atoms with van der Waals surface area (Å²) in [6, 6.07) is 5.97. The topological polar surface area (TPSA) is 57.6 Å². The van der Waals surface area contributed by atoms with Crippen LogP contribution in [0.3, 0.4) is 0 Å². The lowest BCUT2D eigenvalue weighted by Gasteiger charge is -2.29. The first kappa shape index (κ1) is 14.5. The highest BCUT2D eigenvalue weighted by atomic mass is 19.1. The van der Waals surface area contributed by atoms with Crippen LogP contribution in [0.25, 0.3) is 0 Å². The Bertz CT molecular complexity index is 542. The Morgan fingerprint density at radius 2 is 2.10 bits per heavy atom. The van der Waals surface area contributed by atoms with Gasteiger partial charge in [0.05, 0.1) is 11.3 Å². The number of carbonyl (C=O) groups is 2. The molecule has 1 unspecified atom stereocenters. The summed E-state index contributed by atoms with van der Waals surface area (Å²) in [5.74, 6) is -1.91. The van der Waals surface area contributed by atoms with Gasteiger partial charge in [-0.05, 0) is 38.0 Å². The van der Waals surface area contributed by atoms with Crippen LogP contribution in [0.1, 0.15) is 25.8 Å². The molecule has 108 valence electrons. The molecule has 1 amide bonds. The molecule has 1 fully saturated rings. The van der Waals surface area contributed by atoms with E-state index < -0.39 is 17.3 Å². The molecule has 0 aliphatic carbocycles. The SMILES string of the molecule is CC(C)(C(=O)N1CCC(C(=O)O)C1)c1cccc(F)c1. The van der Waals surface area contributed by atoms with Crippen molar-refractivity contribution < 1.29 is 19.1 Å². The summed E-state index contributed by atoms with van der Waals surface area (Å²) >= 11 is 0. The average molecular weight is 279 g/mol. The second-order valence-corrected chi connectivity index (χ2v) is 5.71. The van der Waals surface area contributed by atoms with E-state index in [2.05, 4.69) is 0 Å². The highest BCUT2D eigenvalue weighted by molar-refractivity contribution is 5.88. The molecular weight excluding hydrogens is 261 g/mol. The summed E-state index contributed by atoms with van der Waals surface area (Å²) in [6.45, 7) is 4.14. The van der Waals surface area contributed by atoms with Gasteiger partial charge in [-0.25, -0.2) is 4.39 Å². The maximum atomic E-state index is 13.3. The van der Waals surface area contributed by atoms with Crippen molar-refractivity contribution in [2.45, 2.75) is 25.7 Å². The summed E-state index contributed by atoms with van der Waals surface area (Å²) < 4.78 is 13.3. The molecule has 5 heteroatoms. The lowest BCUT2D eigenvalue weighted by atomic mass is 9.83. The number of carboxylic acid groups (broad SMARTS) is 1. The fourth-order valence-electron chi connectivity index (χ4n) is 2.54. The largest absolute Gasteiger partial charge is 0.481 e. The molecule has 1 aromatic carbocycles. The second kappa shape index (κ2) is 5.23. The van der Waals surface area contributed by atoms with Gasteiger partial charge in [-0.2, -0.15) is 0 Å². The Morgan fingerprint density at radius 3 is 2.65 bits per heavy atom. The standard InChI is InChI=1S/C15H18FNO3/c1-15(2,11-4-3-5-12(16)8-11)14(20)17-7-6-10(9-17)13(18)19/h3-5,8,10H,6-7,9H2,1-2H3,(H,18,19). The van der Waals surface area contributed by atoms with Gasteiger partial charge in [-0.15, -0.1) is 0 Å². The first-order valence-electron chi connectivity index (χ1n) is 6.60. The smallest absolute Gasteiger partial charge is 0.308 e. The maximum absolute atomic E-state index is 13.3. The van der Waals surface area contributed by atoms with Crippen LogP contribution in [-0.4, -0.2) is 35.0 Å². The third-order valence-corrected chi connectivity index (χ3v) is 3.91. The quantitative estimate of drug-likeness (QED) is 0.921. The van der Waals surface area contributed by atoms with Crippen molar-refractivity contribution in [1.82, 2.24) is 4.90 Å². The van der Waals surface area contributed by atoms with E-state index >= 15 is 0 Å². The van der Waals surface area contributed by atoms with Crippen molar-refractivity contribution >= 4 is 11.9 Å². The molecule has 0 saturated carbocycles. The van der Waals surface area contributed by atoms with Crippen LogP contribution >= 0.6 is 0 Å². The summed E-state index contributed by atoms with van der Waals surface area (Å²) in [7, 11) is 0. The third kappa shape index (κ3) is 2.66. The zero-order chi connectivity index (χ0) is 14.9. The van der Waals surface area contributed by atoms with Crippen molar-refractivity contribution in [2.75, 3.05) is 13.1 Å². The number of likely N-dealkylation sites (tertiary alicyclic amines) is 1. The van der Waals surface area contributed by atoms with Crippen molar-refractivity contribution in [3.63, 3.8) is 0 Å². The number of rotatable bonds is 3. The molecule has 1 aromatic rings. The molecule has 1 heterocycles. The number of carbonyl (C=O) groups excluding carboxylic acids is 1. The molecule has 1 aliphatic heterocycles. The van der Waals surface area contributed by atoms with Gasteiger partial charge in [-0.1, -0.05) is 12.1 Å². The highest BCUT2D eigenvalue weighted by Crippen LogP contribution is 2.29. The van der Waals surface area contributed by atoms with Crippen molar-refractivity contribution in [2.24, 2.45) is 5.92 Å². The van der Waals surface area contributed by atoms with E-state index in [1.54, 1.807) is 30.9 Å². The van der Waals surface area contributed by atoms with E-state index in [0.717, 1.165) is 0 Å². The first-order chi connectivity index (χ1) is 9.32. The number of aliphatic carboxylic acids is 1. The maximum Gasteiger partial charge on any atom is 0.308 e. The van der Waals surface area contributed by atoms with Gasteiger partial charge in [0, 0.05) is 13.1 Å². The Balaban J connectivity index is 2.18. The van der Waals surface area contributed by atoms with Crippen LogP contribution < -0.4 is 0 Å². The van der Waals surface area contributed by atoms with Crippen LogP contribution in [0, 0.1) is 11.7 Å². The van der Waals surface area contributed by atoms with Gasteiger partial charge in [-0.3, -0.25) is 9.59 Å². The summed E-state index contributed by atoms with van der Waals surface area (Å²) in [5, 5.41) is 8.98. The van der Waals surface area contributed by atoms with E-state index in [-0.39, 0.29) is 18.3 Å². The van der Waals surface area contributed by atoms with Gasteiger partial charge in [0.15, 0.2) is 0 Å². The van der Waals surface area contributed by atoms with Crippen molar-refractivity contribution in [1.29, 1.82) is 0 Å². The molecule has 0 radical (unpaired) electrons. The van der Waals surface area contributed by atoms with E-state index in [1.807, 2.05) is 0 Å². The zero-order valence-electron chi connectivity index (χ0n) is 11.6. The van der Waals surface area contributed by atoms with E-state index in [9.17, 15) is 14.0 Å². The lowest BCUT2D eigenvalue weighted by molar-refractivity contribution is -0.141. The molecule has 20 heavy (non-hydrogen) atoms. The monoisotopic (exact) mass is 279 g/mol. The molecule has 0 spiro atoms. The van der Waals surface area contributed by atoms with E-state index in [4.69, 9.17) is 5.11 Å². The number of halogens is 1. The molecular formula is C15H18FNO3. The summed E-state index contributed by atoms with van der Waals surface area (Å²) in [5.41, 5.74) is -0.267. The number of carboxylic acids is 1. The average Bonchev–Trinajstić information content (AvgIpc) is 2.87. The fourth-order valence-corrected chi connectivity index (χ4v) is 2.54. The van der Waals surface area contributed by atoms with Crippen molar-refractivity contribution in [3.05, 3.63) is 35.6 Å². The number of nitrogens with zero attached hydrogens (tertiary/aromatic N) is 1. The molecule has 0 bridgehead atoms. The number of amides is 1. The Kier molecular flexibility index (Phi) is 3.79. The molecule has 0 aromatic heterocycles. The number of benzene rings is 1. The van der Waals surface area contributed by atoms with Crippen LogP contribution in [0.15, 0.2) is 24.3 Å². The normalized spacial score (nSPS) is 19.1. The van der Waals surface area contributed by atoms with Crippen LogP contribution in [0.4, 0.5) is 4.39 Å². The Morgan fingerprint density at radius 1 is 1.40 bits per heavy atom. The van der Waals surface area contributed by atoms with Gasteiger partial charge in [0.2, 0.25) is 5.91 Å². The second-order valence-electron chi connectivity index (χ2n) is 5.71. The summed E-state index contributed by atoms with van der Waals surface area (Å²) in [4.78, 5) is 25.1. The fraction of sp³-hybridized carbons (Fsp3) is 0.467. The Hall–Kier alpha value is -1.91.